The number of benzene rings is 1. The minimum atomic E-state index is -0.395. The van der Waals surface area contributed by atoms with Crippen LogP contribution in [0.15, 0.2) is 30.5 Å². The molecule has 2 aliphatic rings. The fraction of sp³-hybridized carbons (Fsp3) is 0.381. The summed E-state index contributed by atoms with van der Waals surface area (Å²) in [7, 11) is 0. The van der Waals surface area contributed by atoms with Crippen molar-refractivity contribution in [3.63, 3.8) is 0 Å². The average Bonchev–Trinajstić information content (AvgIpc) is 3.31. The molecule has 0 radical (unpaired) electrons. The van der Waals surface area contributed by atoms with E-state index in [4.69, 9.17) is 10.2 Å². The molecule has 3 aromatic rings. The predicted molar refractivity (Wildman–Crippen MR) is 104 cm³/mol. The minimum Gasteiger partial charge on any atom is -0.366 e. The van der Waals surface area contributed by atoms with Crippen LogP contribution < -0.4 is 10.6 Å². The number of nitriles is 1. The van der Waals surface area contributed by atoms with Crippen molar-refractivity contribution in [2.24, 2.45) is 0 Å². The Morgan fingerprint density at radius 1 is 1.25 bits per heavy atom. The zero-order valence-electron chi connectivity index (χ0n) is 15.5. The van der Waals surface area contributed by atoms with Crippen LogP contribution in [0.25, 0.3) is 5.65 Å². The lowest BCUT2D eigenvalue weighted by molar-refractivity contribution is 0.301. The van der Waals surface area contributed by atoms with Gasteiger partial charge in [-0.15, -0.1) is 0 Å². The second-order valence-corrected chi connectivity index (χ2v) is 7.73. The van der Waals surface area contributed by atoms with Gasteiger partial charge in [-0.2, -0.15) is 14.9 Å². The number of hydrogen-bond acceptors (Lipinski definition) is 5. The van der Waals surface area contributed by atoms with Gasteiger partial charge in [0.25, 0.3) is 0 Å². The van der Waals surface area contributed by atoms with Crippen molar-refractivity contribution in [1.29, 1.82) is 5.26 Å². The lowest BCUT2D eigenvalue weighted by atomic mass is 9.77. The van der Waals surface area contributed by atoms with Crippen LogP contribution in [0.1, 0.15) is 41.6 Å². The molecule has 1 spiro atoms. The second kappa shape index (κ2) is 6.57. The van der Waals surface area contributed by atoms with Crippen molar-refractivity contribution in [2.75, 3.05) is 18.4 Å². The standard InChI is InChI=1S/C21H21FN6/c22-16-10-14(12-23)9-15(11-16)13-25-20-17-1-3-21(4-7-24-8-5-21)19(17)27-18-2-6-26-28(18)20/h2,6,9-11,24-25H,1,3-5,7-8,13H2. The molecule has 3 heterocycles. The van der Waals surface area contributed by atoms with Crippen LogP contribution in [0, 0.1) is 17.1 Å². The molecule has 0 bridgehead atoms. The SMILES string of the molecule is N#Cc1cc(F)cc(CNc2c3c(nc4ccnn24)C2(CCNCC2)CC3)c1. The van der Waals surface area contributed by atoms with E-state index in [2.05, 4.69) is 15.7 Å². The molecule has 1 aliphatic heterocycles. The highest BCUT2D eigenvalue weighted by Gasteiger charge is 2.42. The number of halogens is 1. The molecule has 0 unspecified atom stereocenters. The van der Waals surface area contributed by atoms with Gasteiger partial charge >= 0.3 is 0 Å². The van der Waals surface area contributed by atoms with Gasteiger partial charge in [0, 0.05) is 23.6 Å². The van der Waals surface area contributed by atoms with Crippen molar-refractivity contribution < 1.29 is 4.39 Å². The molecule has 2 N–H and O–H groups in total. The number of piperidine rings is 1. The number of fused-ring (bicyclic) bond motifs is 3. The van der Waals surface area contributed by atoms with Crippen LogP contribution >= 0.6 is 0 Å². The Kier molecular flexibility index (Phi) is 4.02. The number of nitrogens with zero attached hydrogens (tertiary/aromatic N) is 4. The predicted octanol–water partition coefficient (Wildman–Crippen LogP) is 2.92. The third-order valence-corrected chi connectivity index (χ3v) is 6.10. The summed E-state index contributed by atoms with van der Waals surface area (Å²) < 4.78 is 15.6. The zero-order chi connectivity index (χ0) is 19.1. The van der Waals surface area contributed by atoms with Crippen LogP contribution in [0.3, 0.4) is 0 Å². The van der Waals surface area contributed by atoms with Crippen molar-refractivity contribution in [3.8, 4) is 6.07 Å². The zero-order valence-corrected chi connectivity index (χ0v) is 15.5. The van der Waals surface area contributed by atoms with Crippen LogP contribution in [0.5, 0.6) is 0 Å². The van der Waals surface area contributed by atoms with Crippen LogP contribution in [0.4, 0.5) is 10.2 Å². The monoisotopic (exact) mass is 376 g/mol. The first-order valence-electron chi connectivity index (χ1n) is 9.70. The summed E-state index contributed by atoms with van der Waals surface area (Å²) in [5.41, 5.74) is 4.46. The Morgan fingerprint density at radius 2 is 2.11 bits per heavy atom. The van der Waals surface area contributed by atoms with Gasteiger partial charge in [0.1, 0.15) is 11.6 Å². The van der Waals surface area contributed by atoms with E-state index in [0.29, 0.717) is 12.1 Å². The molecule has 5 rings (SSSR count). The van der Waals surface area contributed by atoms with Gasteiger partial charge in [0.2, 0.25) is 0 Å². The first-order valence-corrected chi connectivity index (χ1v) is 9.70. The quantitative estimate of drug-likeness (QED) is 0.735. The number of rotatable bonds is 3. The Labute approximate surface area is 162 Å². The van der Waals surface area contributed by atoms with Gasteiger partial charge in [-0.25, -0.2) is 9.37 Å². The van der Waals surface area contributed by atoms with Gasteiger partial charge in [0.15, 0.2) is 5.65 Å². The summed E-state index contributed by atoms with van der Waals surface area (Å²) in [5.74, 6) is 0.539. The Hall–Kier alpha value is -2.98. The molecule has 1 aromatic carbocycles. The molecule has 1 saturated heterocycles. The van der Waals surface area contributed by atoms with Crippen molar-refractivity contribution in [3.05, 3.63) is 58.7 Å². The third kappa shape index (κ3) is 2.72. The van der Waals surface area contributed by atoms with E-state index < -0.39 is 5.82 Å². The smallest absolute Gasteiger partial charge is 0.157 e. The highest BCUT2D eigenvalue weighted by atomic mass is 19.1. The minimum absolute atomic E-state index is 0.149. The van der Waals surface area contributed by atoms with E-state index in [0.717, 1.165) is 55.8 Å². The maximum Gasteiger partial charge on any atom is 0.157 e. The van der Waals surface area contributed by atoms with Crippen LogP contribution in [-0.2, 0) is 18.4 Å². The van der Waals surface area contributed by atoms with E-state index >= 15 is 0 Å². The van der Waals surface area contributed by atoms with Crippen molar-refractivity contribution >= 4 is 11.5 Å². The lowest BCUT2D eigenvalue weighted by Crippen LogP contribution is -2.39. The highest BCUT2D eigenvalue weighted by molar-refractivity contribution is 5.59. The lowest BCUT2D eigenvalue weighted by Gasteiger charge is -2.34. The summed E-state index contributed by atoms with van der Waals surface area (Å²) in [6.45, 7) is 2.47. The molecular weight excluding hydrogens is 355 g/mol. The van der Waals surface area contributed by atoms with Gasteiger partial charge in [0.05, 0.1) is 23.5 Å². The molecule has 2 aromatic heterocycles. The molecule has 6 nitrogen and oxygen atoms in total. The molecular formula is C21H21FN6. The molecule has 0 atom stereocenters. The fourth-order valence-corrected chi connectivity index (χ4v) is 4.71. The van der Waals surface area contributed by atoms with E-state index in [1.165, 1.54) is 23.4 Å². The first-order chi connectivity index (χ1) is 13.7. The van der Waals surface area contributed by atoms with Gasteiger partial charge in [-0.1, -0.05) is 0 Å². The molecule has 7 heteroatoms. The molecule has 0 amide bonds. The summed E-state index contributed by atoms with van der Waals surface area (Å²) >= 11 is 0. The van der Waals surface area contributed by atoms with E-state index in [-0.39, 0.29) is 5.41 Å². The van der Waals surface area contributed by atoms with E-state index in [9.17, 15) is 4.39 Å². The number of nitrogens with one attached hydrogen (secondary N) is 2. The van der Waals surface area contributed by atoms with Gasteiger partial charge < -0.3 is 10.6 Å². The Balaban J connectivity index is 1.54. The fourth-order valence-electron chi connectivity index (χ4n) is 4.71. The van der Waals surface area contributed by atoms with Gasteiger partial charge in [-0.3, -0.25) is 0 Å². The number of aromatic nitrogens is 3. The van der Waals surface area contributed by atoms with Crippen LogP contribution in [0.2, 0.25) is 0 Å². The molecule has 1 fully saturated rings. The number of anilines is 1. The first kappa shape index (κ1) is 17.1. The van der Waals surface area contributed by atoms with E-state index in [1.54, 1.807) is 12.3 Å². The molecule has 142 valence electrons. The topological polar surface area (TPSA) is 78.0 Å². The second-order valence-electron chi connectivity index (χ2n) is 7.73. The van der Waals surface area contributed by atoms with Gasteiger partial charge in [-0.05, 0) is 62.5 Å². The summed E-state index contributed by atoms with van der Waals surface area (Å²) in [6, 6.07) is 8.36. The normalized spacial score (nSPS) is 17.6. The third-order valence-electron chi connectivity index (χ3n) is 6.10. The molecule has 1 aliphatic carbocycles. The van der Waals surface area contributed by atoms with Crippen LogP contribution in [-0.4, -0.2) is 27.7 Å². The molecule has 28 heavy (non-hydrogen) atoms. The largest absolute Gasteiger partial charge is 0.366 e. The number of hydrogen-bond donors (Lipinski definition) is 2. The van der Waals surface area contributed by atoms with E-state index in [1.807, 2.05) is 16.7 Å². The van der Waals surface area contributed by atoms with Crippen molar-refractivity contribution in [1.82, 2.24) is 19.9 Å². The molecule has 0 saturated carbocycles. The Morgan fingerprint density at radius 3 is 2.93 bits per heavy atom. The Bertz CT molecular complexity index is 1090. The summed E-state index contributed by atoms with van der Waals surface area (Å²) in [4.78, 5) is 4.98. The maximum absolute atomic E-state index is 13.8. The summed E-state index contributed by atoms with van der Waals surface area (Å²) in [6.07, 6.45) is 6.04. The summed E-state index contributed by atoms with van der Waals surface area (Å²) in [5, 5.41) is 20.4. The van der Waals surface area contributed by atoms with Crippen molar-refractivity contribution in [2.45, 2.75) is 37.6 Å². The maximum atomic E-state index is 13.8. The highest BCUT2D eigenvalue weighted by Crippen LogP contribution is 2.46. The average molecular weight is 376 g/mol.